The lowest BCUT2D eigenvalue weighted by molar-refractivity contribution is -0.148. The van der Waals surface area contributed by atoms with E-state index in [0.29, 0.717) is 38.2 Å². The van der Waals surface area contributed by atoms with E-state index in [4.69, 9.17) is 16.3 Å². The summed E-state index contributed by atoms with van der Waals surface area (Å²) in [5.74, 6) is -0.965. The smallest absolute Gasteiger partial charge is 0.306 e. The van der Waals surface area contributed by atoms with Crippen LogP contribution in [-0.4, -0.2) is 16.3 Å². The molecule has 1 aliphatic rings. The minimum absolute atomic E-state index is 0.0705. The van der Waals surface area contributed by atoms with Crippen molar-refractivity contribution in [1.82, 2.24) is 4.57 Å². The maximum Gasteiger partial charge on any atom is 0.306 e. The molecule has 0 aliphatic heterocycles. The molecule has 1 aromatic heterocycles. The number of carbonyl (C=O) groups excluding carboxylic acids is 2. The number of hydrogen-bond acceptors (Lipinski definition) is 3. The van der Waals surface area contributed by atoms with Crippen LogP contribution in [0.1, 0.15) is 47.5 Å². The predicted molar refractivity (Wildman–Crippen MR) is 108 cm³/mol. The van der Waals surface area contributed by atoms with Gasteiger partial charge in [-0.1, -0.05) is 30.7 Å². The molecule has 4 rings (SSSR count). The van der Waals surface area contributed by atoms with Crippen LogP contribution in [0.2, 0.25) is 5.02 Å². The van der Waals surface area contributed by atoms with Gasteiger partial charge in [0.25, 0.3) is 0 Å². The second kappa shape index (κ2) is 7.33. The topological polar surface area (TPSA) is 48.3 Å². The van der Waals surface area contributed by atoms with E-state index in [1.165, 1.54) is 12.1 Å². The zero-order valence-electron chi connectivity index (χ0n) is 15.0. The molecule has 0 saturated carbocycles. The van der Waals surface area contributed by atoms with Gasteiger partial charge in [-0.2, -0.15) is 0 Å². The molecule has 2 aromatic carbocycles. The van der Waals surface area contributed by atoms with Crippen molar-refractivity contribution >= 4 is 50.2 Å². The fourth-order valence-electron chi connectivity index (χ4n) is 3.70. The number of Topliss-reactive ketones (excluding diaryl/α,β-unsaturated/α-hetero) is 1. The van der Waals surface area contributed by atoms with Crippen LogP contribution in [0.15, 0.2) is 40.9 Å². The predicted octanol–water partition coefficient (Wildman–Crippen LogP) is 5.83. The average molecular weight is 465 g/mol. The second-order valence-electron chi connectivity index (χ2n) is 6.72. The Morgan fingerprint density at radius 3 is 2.71 bits per heavy atom. The third-order valence-corrected chi connectivity index (χ3v) is 5.74. The summed E-state index contributed by atoms with van der Waals surface area (Å²) in [6.45, 7) is 2.13. The maximum atomic E-state index is 14.1. The van der Waals surface area contributed by atoms with Gasteiger partial charge in [-0.25, -0.2) is 4.39 Å². The van der Waals surface area contributed by atoms with Crippen LogP contribution in [0.3, 0.4) is 0 Å². The molecule has 0 N–H and O–H groups in total. The van der Waals surface area contributed by atoms with E-state index in [-0.39, 0.29) is 24.6 Å². The summed E-state index contributed by atoms with van der Waals surface area (Å²) in [6.07, 6.45) is -0.388. The Morgan fingerprint density at radius 2 is 2.04 bits per heavy atom. The SMILES string of the molecule is CCC(=O)OC1CC(=O)c2c1n(Cc1ccc(Cl)cc1)c1c(Br)cc(F)cc21. The number of aromatic nitrogens is 1. The van der Waals surface area contributed by atoms with Gasteiger partial charge >= 0.3 is 5.97 Å². The molecule has 1 atom stereocenters. The normalized spacial score (nSPS) is 15.9. The van der Waals surface area contributed by atoms with Crippen molar-refractivity contribution in [3.63, 3.8) is 0 Å². The highest BCUT2D eigenvalue weighted by atomic mass is 79.9. The van der Waals surface area contributed by atoms with Crippen molar-refractivity contribution in [2.45, 2.75) is 32.4 Å². The fraction of sp³-hybridized carbons (Fsp3) is 0.238. The Morgan fingerprint density at radius 1 is 1.32 bits per heavy atom. The van der Waals surface area contributed by atoms with Crippen molar-refractivity contribution in [2.75, 3.05) is 0 Å². The van der Waals surface area contributed by atoms with Crippen LogP contribution >= 0.6 is 27.5 Å². The van der Waals surface area contributed by atoms with Crippen LogP contribution in [0, 0.1) is 5.82 Å². The fourth-order valence-corrected chi connectivity index (χ4v) is 4.47. The van der Waals surface area contributed by atoms with Crippen molar-refractivity contribution in [3.8, 4) is 0 Å². The molecule has 144 valence electrons. The van der Waals surface area contributed by atoms with Gasteiger partial charge in [-0.3, -0.25) is 9.59 Å². The summed E-state index contributed by atoms with van der Waals surface area (Å²) < 4.78 is 22.1. The summed E-state index contributed by atoms with van der Waals surface area (Å²) in [7, 11) is 0. The molecular weight excluding hydrogens is 449 g/mol. The van der Waals surface area contributed by atoms with Crippen LogP contribution in [0.4, 0.5) is 4.39 Å². The number of benzene rings is 2. The molecule has 1 aliphatic carbocycles. The van der Waals surface area contributed by atoms with Gasteiger partial charge in [0.15, 0.2) is 5.78 Å². The molecule has 3 aromatic rings. The molecule has 4 nitrogen and oxygen atoms in total. The number of ketones is 1. The van der Waals surface area contributed by atoms with E-state index in [1.807, 2.05) is 16.7 Å². The molecule has 0 saturated heterocycles. The number of hydrogen-bond donors (Lipinski definition) is 0. The minimum Gasteiger partial charge on any atom is -0.455 e. The zero-order chi connectivity index (χ0) is 20.0. The lowest BCUT2D eigenvalue weighted by Crippen LogP contribution is -2.13. The highest BCUT2D eigenvalue weighted by molar-refractivity contribution is 9.10. The Bertz CT molecular complexity index is 1110. The number of halogens is 3. The van der Waals surface area contributed by atoms with Crippen LogP contribution in [0.25, 0.3) is 10.9 Å². The third kappa shape index (κ3) is 3.25. The Kier molecular flexibility index (Phi) is 5.02. The summed E-state index contributed by atoms with van der Waals surface area (Å²) in [5.41, 5.74) is 2.70. The molecule has 1 unspecified atom stereocenters. The molecule has 0 amide bonds. The molecule has 0 fully saturated rings. The minimum atomic E-state index is -0.676. The van der Waals surface area contributed by atoms with E-state index < -0.39 is 11.9 Å². The monoisotopic (exact) mass is 463 g/mol. The maximum absolute atomic E-state index is 14.1. The van der Waals surface area contributed by atoms with Crippen molar-refractivity contribution in [2.24, 2.45) is 0 Å². The average Bonchev–Trinajstić information content (AvgIpc) is 3.13. The number of nitrogens with zero attached hydrogens (tertiary/aromatic N) is 1. The number of ether oxygens (including phenoxy) is 1. The highest BCUT2D eigenvalue weighted by Gasteiger charge is 2.38. The van der Waals surface area contributed by atoms with Crippen LogP contribution < -0.4 is 0 Å². The molecular formula is C21H16BrClFNO3. The number of rotatable bonds is 4. The highest BCUT2D eigenvalue weighted by Crippen LogP contribution is 2.43. The quantitative estimate of drug-likeness (QED) is 0.457. The van der Waals surface area contributed by atoms with Gasteiger partial charge in [0, 0.05) is 27.8 Å². The summed E-state index contributed by atoms with van der Waals surface area (Å²) in [5, 5.41) is 1.15. The lowest BCUT2D eigenvalue weighted by atomic mass is 10.1. The van der Waals surface area contributed by atoms with E-state index in [1.54, 1.807) is 19.1 Å². The summed E-state index contributed by atoms with van der Waals surface area (Å²) >= 11 is 9.41. The first-order valence-corrected chi connectivity index (χ1v) is 10.0. The first-order chi connectivity index (χ1) is 13.4. The molecule has 0 spiro atoms. The first kappa shape index (κ1) is 19.2. The number of fused-ring (bicyclic) bond motifs is 3. The standard InChI is InChI=1S/C21H16BrClFNO3/c1-2-18(27)28-17-9-16(26)19-14-7-13(24)8-15(22)20(14)25(21(17)19)10-11-3-5-12(23)6-4-11/h3-8,17H,2,9-10H2,1H3. The molecule has 7 heteroatoms. The summed E-state index contributed by atoms with van der Waals surface area (Å²) in [6, 6.07) is 10.1. The van der Waals surface area contributed by atoms with Gasteiger partial charge in [0.2, 0.25) is 0 Å². The Hall–Kier alpha value is -2.18. The third-order valence-electron chi connectivity index (χ3n) is 4.89. The first-order valence-electron chi connectivity index (χ1n) is 8.87. The number of carbonyl (C=O) groups is 2. The van der Waals surface area contributed by atoms with Gasteiger partial charge in [0.05, 0.1) is 23.2 Å². The van der Waals surface area contributed by atoms with E-state index in [2.05, 4.69) is 15.9 Å². The second-order valence-corrected chi connectivity index (χ2v) is 8.01. The lowest BCUT2D eigenvalue weighted by Gasteiger charge is -2.17. The van der Waals surface area contributed by atoms with Crippen LogP contribution in [0.5, 0.6) is 0 Å². The molecule has 28 heavy (non-hydrogen) atoms. The van der Waals surface area contributed by atoms with Gasteiger partial charge in [0.1, 0.15) is 11.9 Å². The van der Waals surface area contributed by atoms with Crippen molar-refractivity contribution in [3.05, 3.63) is 68.5 Å². The summed E-state index contributed by atoms with van der Waals surface area (Å²) in [4.78, 5) is 24.6. The Labute approximate surface area is 174 Å². The number of esters is 1. The van der Waals surface area contributed by atoms with Crippen molar-refractivity contribution < 1.29 is 18.7 Å². The van der Waals surface area contributed by atoms with E-state index >= 15 is 0 Å². The van der Waals surface area contributed by atoms with E-state index in [9.17, 15) is 14.0 Å². The zero-order valence-corrected chi connectivity index (χ0v) is 17.3. The molecule has 0 bridgehead atoms. The van der Waals surface area contributed by atoms with Gasteiger partial charge in [-0.15, -0.1) is 0 Å². The van der Waals surface area contributed by atoms with Gasteiger partial charge in [-0.05, 0) is 45.8 Å². The molecule has 1 heterocycles. The van der Waals surface area contributed by atoms with Gasteiger partial charge < -0.3 is 9.30 Å². The van der Waals surface area contributed by atoms with Crippen molar-refractivity contribution in [1.29, 1.82) is 0 Å². The van der Waals surface area contributed by atoms with Crippen LogP contribution in [-0.2, 0) is 16.1 Å². The van der Waals surface area contributed by atoms with E-state index in [0.717, 1.165) is 5.56 Å². The largest absolute Gasteiger partial charge is 0.455 e. The molecule has 0 radical (unpaired) electrons. The Balaban J connectivity index is 1.94.